The lowest BCUT2D eigenvalue weighted by molar-refractivity contribution is -0.154. The quantitative estimate of drug-likeness (QED) is 0.413. The summed E-state index contributed by atoms with van der Waals surface area (Å²) >= 11 is 12.6. The third kappa shape index (κ3) is 6.03. The summed E-state index contributed by atoms with van der Waals surface area (Å²) in [5.74, 6) is -0.0670. The summed E-state index contributed by atoms with van der Waals surface area (Å²) in [6.45, 7) is 7.97. The average molecular weight is 524 g/mol. The summed E-state index contributed by atoms with van der Waals surface area (Å²) < 4.78 is 26.4. The number of likely N-dealkylation sites (tertiary alicyclic amines) is 1. The van der Waals surface area contributed by atoms with Gasteiger partial charge in [0, 0.05) is 28.5 Å². The molecule has 4 atom stereocenters. The van der Waals surface area contributed by atoms with Gasteiger partial charge in [0.1, 0.15) is 0 Å². The average Bonchev–Trinajstić information content (AvgIpc) is 2.77. The van der Waals surface area contributed by atoms with Gasteiger partial charge in [0.15, 0.2) is 0 Å². The maximum Gasteiger partial charge on any atom is 0.229 e. The zero-order chi connectivity index (χ0) is 25.1. The van der Waals surface area contributed by atoms with E-state index in [-0.39, 0.29) is 30.5 Å². The van der Waals surface area contributed by atoms with Gasteiger partial charge in [0.2, 0.25) is 15.9 Å². The highest BCUT2D eigenvalue weighted by Gasteiger charge is 2.50. The minimum atomic E-state index is -3.42. The lowest BCUT2D eigenvalue weighted by Gasteiger charge is -2.52. The van der Waals surface area contributed by atoms with Crippen LogP contribution < -0.4 is 4.72 Å². The molecule has 0 aromatic heterocycles. The number of carbonyl (C=O) groups excluding carboxylic acids is 1. The predicted octanol–water partition coefficient (Wildman–Crippen LogP) is 5.96. The third-order valence-corrected chi connectivity index (χ3v) is 7.81. The number of amides is 1. The van der Waals surface area contributed by atoms with Gasteiger partial charge in [-0.2, -0.15) is 0 Å². The Bertz CT molecular complexity index is 1140. The molecule has 0 aliphatic carbocycles. The number of allylic oxidation sites excluding steroid dienone is 1. The van der Waals surface area contributed by atoms with Gasteiger partial charge in [-0.25, -0.2) is 13.1 Å². The first kappa shape index (κ1) is 26.7. The van der Waals surface area contributed by atoms with E-state index in [0.717, 1.165) is 17.4 Å². The molecule has 34 heavy (non-hydrogen) atoms. The Labute approximate surface area is 213 Å². The van der Waals surface area contributed by atoms with Crippen LogP contribution in [-0.4, -0.2) is 38.1 Å². The molecule has 2 aromatic carbocycles. The molecule has 0 radical (unpaired) electrons. The van der Waals surface area contributed by atoms with Crippen molar-refractivity contribution in [1.29, 1.82) is 0 Å². The van der Waals surface area contributed by atoms with Crippen molar-refractivity contribution in [3.05, 3.63) is 82.4 Å². The number of benzene rings is 2. The number of sulfonamides is 1. The predicted molar refractivity (Wildman–Crippen MR) is 140 cm³/mol. The number of nitrogens with one attached hydrogen (secondary N) is 1. The molecule has 1 N–H and O–H groups in total. The van der Waals surface area contributed by atoms with E-state index in [0.29, 0.717) is 29.3 Å². The fourth-order valence-electron chi connectivity index (χ4n) is 4.98. The Balaban J connectivity index is 2.20. The van der Waals surface area contributed by atoms with Crippen molar-refractivity contribution in [2.75, 3.05) is 12.8 Å². The van der Waals surface area contributed by atoms with E-state index in [4.69, 9.17) is 23.2 Å². The summed E-state index contributed by atoms with van der Waals surface area (Å²) in [7, 11) is -3.42. The van der Waals surface area contributed by atoms with Crippen LogP contribution in [0.2, 0.25) is 10.0 Å². The molecule has 0 unspecified atom stereocenters. The van der Waals surface area contributed by atoms with E-state index >= 15 is 0 Å². The van der Waals surface area contributed by atoms with Crippen LogP contribution >= 0.6 is 23.2 Å². The zero-order valence-corrected chi connectivity index (χ0v) is 22.1. The molecular weight excluding hydrogens is 491 g/mol. The van der Waals surface area contributed by atoms with Crippen molar-refractivity contribution in [3.63, 3.8) is 0 Å². The fourth-order valence-corrected chi connectivity index (χ4v) is 5.80. The van der Waals surface area contributed by atoms with Gasteiger partial charge in [-0.3, -0.25) is 4.79 Å². The molecule has 3 rings (SSSR count). The first-order chi connectivity index (χ1) is 16.0. The number of hydrogen-bond acceptors (Lipinski definition) is 3. The SMILES string of the molecule is C=CC[C@@]1(C)C[C@H](c2cccc(Cl)c2)[C@@H](c2ccc(Cl)cc2)N([C@@H](CC)CNS(C)(=O)=O)C1=O. The second kappa shape index (κ2) is 10.8. The highest BCUT2D eigenvalue weighted by atomic mass is 35.5. The van der Waals surface area contributed by atoms with Crippen LogP contribution in [0.15, 0.2) is 61.2 Å². The highest BCUT2D eigenvalue weighted by molar-refractivity contribution is 7.88. The zero-order valence-electron chi connectivity index (χ0n) is 19.8. The number of piperidine rings is 1. The van der Waals surface area contributed by atoms with Crippen molar-refractivity contribution in [2.24, 2.45) is 5.41 Å². The number of hydrogen-bond donors (Lipinski definition) is 1. The van der Waals surface area contributed by atoms with E-state index in [2.05, 4.69) is 11.3 Å². The summed E-state index contributed by atoms with van der Waals surface area (Å²) in [5.41, 5.74) is 1.29. The summed E-state index contributed by atoms with van der Waals surface area (Å²) in [6, 6.07) is 14.6. The normalized spacial score (nSPS) is 24.1. The van der Waals surface area contributed by atoms with Crippen LogP contribution in [-0.2, 0) is 14.8 Å². The number of rotatable bonds is 9. The van der Waals surface area contributed by atoms with Crippen LogP contribution in [0.1, 0.15) is 56.2 Å². The van der Waals surface area contributed by atoms with Crippen molar-refractivity contribution in [1.82, 2.24) is 9.62 Å². The minimum Gasteiger partial charge on any atom is -0.330 e. The molecule has 1 heterocycles. The Morgan fingerprint density at radius 2 is 1.85 bits per heavy atom. The molecule has 1 saturated heterocycles. The van der Waals surface area contributed by atoms with Crippen molar-refractivity contribution >= 4 is 39.1 Å². The molecule has 5 nitrogen and oxygen atoms in total. The number of halogens is 2. The molecule has 184 valence electrons. The smallest absolute Gasteiger partial charge is 0.229 e. The summed E-state index contributed by atoms with van der Waals surface area (Å²) in [6.07, 6.45) is 4.62. The monoisotopic (exact) mass is 522 g/mol. The number of carbonyl (C=O) groups is 1. The Hall–Kier alpha value is -1.86. The van der Waals surface area contributed by atoms with Crippen LogP contribution in [0.4, 0.5) is 0 Å². The standard InChI is InChI=1S/C26H32Cl2N2O3S/c1-5-14-26(3)16-23(19-8-7-9-21(28)15-19)24(18-10-12-20(27)13-11-18)30(25(26)31)22(6-2)17-29-34(4,32)33/h5,7-13,15,22-24,29H,1,6,14,16-17H2,2-4H3/t22-,23+,24+,26-/m0/s1. The van der Waals surface area contributed by atoms with E-state index in [1.165, 1.54) is 0 Å². The molecule has 0 saturated carbocycles. The Morgan fingerprint density at radius 1 is 1.18 bits per heavy atom. The summed E-state index contributed by atoms with van der Waals surface area (Å²) in [5, 5.41) is 1.24. The number of nitrogens with zero attached hydrogens (tertiary/aromatic N) is 1. The molecule has 1 amide bonds. The van der Waals surface area contributed by atoms with Gasteiger partial charge in [0.25, 0.3) is 0 Å². The second-order valence-electron chi connectivity index (χ2n) is 9.31. The maximum absolute atomic E-state index is 14.1. The third-order valence-electron chi connectivity index (χ3n) is 6.63. The van der Waals surface area contributed by atoms with Gasteiger partial charge < -0.3 is 4.90 Å². The van der Waals surface area contributed by atoms with Crippen LogP contribution in [0.5, 0.6) is 0 Å². The largest absolute Gasteiger partial charge is 0.330 e. The Morgan fingerprint density at radius 3 is 2.41 bits per heavy atom. The molecule has 2 aromatic rings. The molecule has 1 aliphatic heterocycles. The molecule has 0 spiro atoms. The highest BCUT2D eigenvalue weighted by Crippen LogP contribution is 2.52. The van der Waals surface area contributed by atoms with Crippen LogP contribution in [0, 0.1) is 5.41 Å². The van der Waals surface area contributed by atoms with Crippen molar-refractivity contribution in [3.8, 4) is 0 Å². The van der Waals surface area contributed by atoms with Gasteiger partial charge >= 0.3 is 0 Å². The molecule has 1 fully saturated rings. The van der Waals surface area contributed by atoms with Gasteiger partial charge in [-0.05, 0) is 54.7 Å². The van der Waals surface area contributed by atoms with E-state index < -0.39 is 15.4 Å². The lowest BCUT2D eigenvalue weighted by atomic mass is 9.67. The van der Waals surface area contributed by atoms with Gasteiger partial charge in [-0.1, -0.05) is 67.4 Å². The van der Waals surface area contributed by atoms with E-state index in [1.54, 1.807) is 6.08 Å². The molecule has 0 bridgehead atoms. The topological polar surface area (TPSA) is 66.5 Å². The second-order valence-corrected chi connectivity index (χ2v) is 12.0. The van der Waals surface area contributed by atoms with E-state index in [1.807, 2.05) is 67.3 Å². The van der Waals surface area contributed by atoms with E-state index in [9.17, 15) is 13.2 Å². The van der Waals surface area contributed by atoms with Crippen LogP contribution in [0.25, 0.3) is 0 Å². The first-order valence-corrected chi connectivity index (χ1v) is 14.0. The fraction of sp³-hybridized carbons (Fsp3) is 0.423. The minimum absolute atomic E-state index is 0.00669. The van der Waals surface area contributed by atoms with Gasteiger partial charge in [-0.15, -0.1) is 6.58 Å². The van der Waals surface area contributed by atoms with Gasteiger partial charge in [0.05, 0.1) is 17.7 Å². The van der Waals surface area contributed by atoms with Crippen molar-refractivity contribution in [2.45, 2.75) is 51.1 Å². The molecule has 8 heteroatoms. The molecular formula is C26H32Cl2N2O3S. The Kier molecular flexibility index (Phi) is 8.51. The first-order valence-electron chi connectivity index (χ1n) is 11.4. The summed E-state index contributed by atoms with van der Waals surface area (Å²) in [4.78, 5) is 16.0. The molecule has 1 aliphatic rings. The maximum atomic E-state index is 14.1. The van der Waals surface area contributed by atoms with Crippen molar-refractivity contribution < 1.29 is 13.2 Å². The van der Waals surface area contributed by atoms with Crippen LogP contribution in [0.3, 0.4) is 0 Å². The lowest BCUT2D eigenvalue weighted by Crippen LogP contribution is -2.57.